The average molecular weight is 365 g/mol. The highest BCUT2D eigenvalue weighted by molar-refractivity contribution is 7.99. The first-order valence-corrected chi connectivity index (χ1v) is 8.20. The van der Waals surface area contributed by atoms with Crippen LogP contribution < -0.4 is 11.2 Å². The Labute approximate surface area is 146 Å². The van der Waals surface area contributed by atoms with E-state index in [0.717, 1.165) is 17.3 Å². The normalized spacial score (nSPS) is 10.8. The topological polar surface area (TPSA) is 112 Å². The van der Waals surface area contributed by atoms with Crippen LogP contribution in [-0.4, -0.2) is 31.5 Å². The number of halogens is 1. The van der Waals surface area contributed by atoms with Gasteiger partial charge in [0, 0.05) is 6.20 Å². The average Bonchev–Trinajstić information content (AvgIpc) is 3.13. The predicted molar refractivity (Wildman–Crippen MR) is 91.2 cm³/mol. The van der Waals surface area contributed by atoms with Crippen LogP contribution in [0.15, 0.2) is 40.2 Å². The molecule has 0 spiro atoms. The van der Waals surface area contributed by atoms with Gasteiger partial charge in [0.1, 0.15) is 5.76 Å². The van der Waals surface area contributed by atoms with Gasteiger partial charge in [0.05, 0.1) is 23.3 Å². The van der Waals surface area contributed by atoms with Gasteiger partial charge >= 0.3 is 0 Å². The Morgan fingerprint density at radius 1 is 1.46 bits per heavy atom. The van der Waals surface area contributed by atoms with E-state index in [1.165, 1.54) is 4.68 Å². The lowest BCUT2D eigenvalue weighted by atomic mass is 10.2. The number of thioether (sulfide) groups is 1. The van der Waals surface area contributed by atoms with Crippen molar-refractivity contribution in [3.63, 3.8) is 0 Å². The van der Waals surface area contributed by atoms with Crippen molar-refractivity contribution in [2.24, 2.45) is 0 Å². The fraction of sp³-hybridized carbons (Fsp3) is 0.143. The molecule has 0 radical (unpaired) electrons. The Balaban J connectivity index is 1.65. The quantitative estimate of drug-likeness (QED) is 0.406. The zero-order valence-corrected chi connectivity index (χ0v) is 14.1. The number of nitrogens with one attached hydrogen (secondary N) is 1. The molecular formula is C14H13ClN6O2S. The van der Waals surface area contributed by atoms with Crippen molar-refractivity contribution >= 4 is 35.0 Å². The Hall–Kier alpha value is -2.52. The van der Waals surface area contributed by atoms with Gasteiger partial charge in [0.15, 0.2) is 11.0 Å². The first-order chi connectivity index (χ1) is 11.6. The zero-order valence-electron chi connectivity index (χ0n) is 12.6. The van der Waals surface area contributed by atoms with E-state index in [2.05, 4.69) is 20.5 Å². The van der Waals surface area contributed by atoms with Crippen molar-refractivity contribution in [2.45, 2.75) is 12.1 Å². The van der Waals surface area contributed by atoms with Crippen LogP contribution in [0.2, 0.25) is 5.15 Å². The molecule has 0 aromatic carbocycles. The van der Waals surface area contributed by atoms with E-state index in [1.54, 1.807) is 30.7 Å². The second-order valence-electron chi connectivity index (χ2n) is 4.75. The molecule has 0 atom stereocenters. The molecule has 1 amide bonds. The number of nitrogen functional groups attached to an aromatic ring is 1. The molecule has 24 heavy (non-hydrogen) atoms. The molecule has 10 heteroatoms. The van der Waals surface area contributed by atoms with E-state index >= 15 is 0 Å². The van der Waals surface area contributed by atoms with Crippen LogP contribution in [0.25, 0.3) is 11.4 Å². The van der Waals surface area contributed by atoms with Gasteiger partial charge < -0.3 is 15.6 Å². The molecule has 124 valence electrons. The van der Waals surface area contributed by atoms with Crippen molar-refractivity contribution < 1.29 is 9.21 Å². The first kappa shape index (κ1) is 16.3. The van der Waals surface area contributed by atoms with Crippen LogP contribution >= 0.6 is 23.4 Å². The van der Waals surface area contributed by atoms with Gasteiger partial charge in [0.2, 0.25) is 11.1 Å². The molecule has 0 unspecified atom stereocenters. The fourth-order valence-electron chi connectivity index (χ4n) is 1.97. The number of carbonyl (C=O) groups excluding carboxylic acids is 1. The van der Waals surface area contributed by atoms with Crippen molar-refractivity contribution in [1.82, 2.24) is 19.9 Å². The van der Waals surface area contributed by atoms with Crippen LogP contribution in [0, 0.1) is 6.92 Å². The van der Waals surface area contributed by atoms with Gasteiger partial charge in [-0.05, 0) is 25.1 Å². The maximum atomic E-state index is 12.0. The fourth-order valence-corrected chi connectivity index (χ4v) is 2.79. The number of aromatic nitrogens is 4. The summed E-state index contributed by atoms with van der Waals surface area (Å²) in [6.07, 6.45) is 3.10. The minimum Gasteiger partial charge on any atom is -0.469 e. The maximum Gasteiger partial charge on any atom is 0.234 e. The van der Waals surface area contributed by atoms with Gasteiger partial charge in [-0.2, -0.15) is 0 Å². The highest BCUT2D eigenvalue weighted by atomic mass is 35.5. The molecule has 0 saturated heterocycles. The molecule has 0 saturated carbocycles. The third-order valence-corrected chi connectivity index (χ3v) is 4.37. The number of amides is 1. The molecule has 3 rings (SSSR count). The minimum absolute atomic E-state index is 0.102. The van der Waals surface area contributed by atoms with Crippen LogP contribution in [-0.2, 0) is 4.79 Å². The lowest BCUT2D eigenvalue weighted by Gasteiger charge is -2.06. The van der Waals surface area contributed by atoms with E-state index in [-0.39, 0.29) is 16.8 Å². The second kappa shape index (κ2) is 6.93. The third kappa shape index (κ3) is 3.36. The number of furan rings is 1. The van der Waals surface area contributed by atoms with Crippen molar-refractivity contribution in [3.8, 4) is 11.4 Å². The molecule has 0 bridgehead atoms. The lowest BCUT2D eigenvalue weighted by Crippen LogP contribution is -2.16. The standard InChI is InChI=1S/C14H13ClN6O2S/c1-8-9(4-6-23-8)13-19-20-14(21(13)16)24-7-11(22)18-10-3-2-5-17-12(10)15/h2-6H,7,16H2,1H3,(H,18,22). The van der Waals surface area contributed by atoms with Crippen LogP contribution in [0.1, 0.15) is 5.76 Å². The second-order valence-corrected chi connectivity index (χ2v) is 6.05. The predicted octanol–water partition coefficient (Wildman–Crippen LogP) is 2.34. The highest BCUT2D eigenvalue weighted by Gasteiger charge is 2.16. The highest BCUT2D eigenvalue weighted by Crippen LogP contribution is 2.25. The summed E-state index contributed by atoms with van der Waals surface area (Å²) in [5, 5.41) is 11.4. The van der Waals surface area contributed by atoms with E-state index < -0.39 is 0 Å². The first-order valence-electron chi connectivity index (χ1n) is 6.84. The molecular weight excluding hydrogens is 352 g/mol. The van der Waals surface area contributed by atoms with E-state index in [0.29, 0.717) is 22.4 Å². The summed E-state index contributed by atoms with van der Waals surface area (Å²) in [7, 11) is 0. The molecule has 0 aliphatic rings. The van der Waals surface area contributed by atoms with E-state index in [1.807, 2.05) is 6.92 Å². The largest absolute Gasteiger partial charge is 0.469 e. The Morgan fingerprint density at radius 2 is 2.29 bits per heavy atom. The number of hydrogen-bond donors (Lipinski definition) is 2. The number of hydrogen-bond acceptors (Lipinski definition) is 7. The van der Waals surface area contributed by atoms with Gasteiger partial charge in [-0.25, -0.2) is 9.66 Å². The van der Waals surface area contributed by atoms with Gasteiger partial charge in [-0.3, -0.25) is 4.79 Å². The number of rotatable bonds is 5. The van der Waals surface area contributed by atoms with Gasteiger partial charge in [0.25, 0.3) is 0 Å². The SMILES string of the molecule is Cc1occc1-c1nnc(SCC(=O)Nc2cccnc2Cl)n1N. The number of carbonyl (C=O) groups is 1. The van der Waals surface area contributed by atoms with Gasteiger partial charge in [-0.1, -0.05) is 23.4 Å². The maximum absolute atomic E-state index is 12.0. The Kier molecular flexibility index (Phi) is 4.72. The summed E-state index contributed by atoms with van der Waals surface area (Å²) in [6, 6.07) is 5.11. The minimum atomic E-state index is -0.251. The number of pyridine rings is 1. The molecule has 0 aliphatic carbocycles. The Morgan fingerprint density at radius 3 is 3.00 bits per heavy atom. The van der Waals surface area contributed by atoms with E-state index in [9.17, 15) is 4.79 Å². The summed E-state index contributed by atoms with van der Waals surface area (Å²) in [4.78, 5) is 15.9. The number of nitrogens with zero attached hydrogens (tertiary/aromatic N) is 4. The molecule has 0 fully saturated rings. The summed E-state index contributed by atoms with van der Waals surface area (Å²) in [5.74, 6) is 7.00. The molecule has 3 aromatic rings. The number of aryl methyl sites for hydroxylation is 1. The molecule has 3 heterocycles. The van der Waals surface area contributed by atoms with Gasteiger partial charge in [-0.15, -0.1) is 10.2 Å². The molecule has 0 aliphatic heterocycles. The Bertz CT molecular complexity index is 878. The van der Waals surface area contributed by atoms with Crippen molar-refractivity contribution in [2.75, 3.05) is 16.9 Å². The monoisotopic (exact) mass is 364 g/mol. The molecule has 8 nitrogen and oxygen atoms in total. The molecule has 3 aromatic heterocycles. The van der Waals surface area contributed by atoms with Crippen LogP contribution in [0.5, 0.6) is 0 Å². The van der Waals surface area contributed by atoms with Crippen molar-refractivity contribution in [3.05, 3.63) is 41.6 Å². The third-order valence-electron chi connectivity index (χ3n) is 3.13. The summed E-state index contributed by atoms with van der Waals surface area (Å²) < 4.78 is 6.56. The zero-order chi connectivity index (χ0) is 17.1. The smallest absolute Gasteiger partial charge is 0.234 e. The summed E-state index contributed by atoms with van der Waals surface area (Å²) in [6.45, 7) is 1.81. The number of anilines is 1. The molecule has 3 N–H and O–H groups in total. The van der Waals surface area contributed by atoms with E-state index in [4.69, 9.17) is 21.9 Å². The summed E-state index contributed by atoms with van der Waals surface area (Å²) >= 11 is 7.06. The van der Waals surface area contributed by atoms with Crippen molar-refractivity contribution in [1.29, 1.82) is 0 Å². The van der Waals surface area contributed by atoms with Crippen LogP contribution in [0.4, 0.5) is 5.69 Å². The van der Waals surface area contributed by atoms with Crippen LogP contribution in [0.3, 0.4) is 0 Å². The lowest BCUT2D eigenvalue weighted by molar-refractivity contribution is -0.113. The number of nitrogens with two attached hydrogens (primary N) is 1. The summed E-state index contributed by atoms with van der Waals surface area (Å²) in [5.41, 5.74) is 1.21.